The fourth-order valence-corrected chi connectivity index (χ4v) is 2.51. The Morgan fingerprint density at radius 2 is 2.25 bits per heavy atom. The third-order valence-corrected chi connectivity index (χ3v) is 3.63. The standard InChI is InChI=1S/C14H17Cl2N3O/c1-3-6-17-14(20)9(2)19-12-7-10(16)4-5-11(12)18-13(19)8-15/h4-5,7,9H,3,6,8H2,1-2H3,(H,17,20). The fraction of sp³-hybridized carbons (Fsp3) is 0.429. The molecule has 1 N–H and O–H groups in total. The second-order valence-corrected chi connectivity index (χ2v) is 5.34. The number of nitrogens with zero attached hydrogens (tertiary/aromatic N) is 2. The van der Waals surface area contributed by atoms with Crippen molar-refractivity contribution in [2.75, 3.05) is 6.54 Å². The lowest BCUT2D eigenvalue weighted by molar-refractivity contribution is -0.123. The van der Waals surface area contributed by atoms with Crippen LogP contribution >= 0.6 is 23.2 Å². The van der Waals surface area contributed by atoms with Crippen LogP contribution in [0.15, 0.2) is 18.2 Å². The highest BCUT2D eigenvalue weighted by Crippen LogP contribution is 2.25. The lowest BCUT2D eigenvalue weighted by atomic mass is 10.2. The molecule has 0 aliphatic heterocycles. The molecule has 20 heavy (non-hydrogen) atoms. The minimum Gasteiger partial charge on any atom is -0.354 e. The molecular formula is C14H17Cl2N3O. The largest absolute Gasteiger partial charge is 0.354 e. The van der Waals surface area contributed by atoms with Crippen LogP contribution in [0, 0.1) is 0 Å². The summed E-state index contributed by atoms with van der Waals surface area (Å²) in [5.74, 6) is 0.873. The van der Waals surface area contributed by atoms with Crippen LogP contribution in [0.25, 0.3) is 11.0 Å². The molecule has 1 aromatic heterocycles. The van der Waals surface area contributed by atoms with Crippen molar-refractivity contribution in [2.45, 2.75) is 32.2 Å². The lowest BCUT2D eigenvalue weighted by Crippen LogP contribution is -2.32. The van der Waals surface area contributed by atoms with Crippen molar-refractivity contribution in [3.05, 3.63) is 29.0 Å². The van der Waals surface area contributed by atoms with Gasteiger partial charge in [-0.25, -0.2) is 4.98 Å². The number of carbonyl (C=O) groups excluding carboxylic acids is 1. The highest BCUT2D eigenvalue weighted by molar-refractivity contribution is 6.31. The Balaban J connectivity index is 2.45. The summed E-state index contributed by atoms with van der Waals surface area (Å²) < 4.78 is 1.85. The molecule has 2 rings (SSSR count). The van der Waals surface area contributed by atoms with Crippen LogP contribution in [-0.2, 0) is 10.7 Å². The molecule has 0 saturated heterocycles. The number of halogens is 2. The minimum absolute atomic E-state index is 0.0440. The summed E-state index contributed by atoms with van der Waals surface area (Å²) in [5.41, 5.74) is 1.62. The zero-order valence-corrected chi connectivity index (χ0v) is 13.0. The number of hydrogen-bond donors (Lipinski definition) is 1. The van der Waals surface area contributed by atoms with E-state index in [1.54, 1.807) is 6.07 Å². The van der Waals surface area contributed by atoms with Crippen LogP contribution in [0.4, 0.5) is 0 Å². The van der Waals surface area contributed by atoms with Gasteiger partial charge in [0.2, 0.25) is 5.91 Å². The SMILES string of the molecule is CCCNC(=O)C(C)n1c(CCl)nc2ccc(Cl)cc21. The van der Waals surface area contributed by atoms with Gasteiger partial charge in [0.15, 0.2) is 0 Å². The Labute approximate surface area is 128 Å². The molecule has 0 fully saturated rings. The van der Waals surface area contributed by atoms with E-state index in [-0.39, 0.29) is 17.8 Å². The molecule has 1 heterocycles. The molecule has 108 valence electrons. The van der Waals surface area contributed by atoms with Crippen LogP contribution in [-0.4, -0.2) is 22.0 Å². The van der Waals surface area contributed by atoms with E-state index in [0.29, 0.717) is 17.4 Å². The predicted octanol–water partition coefficient (Wildman–Crippen LogP) is 3.52. The van der Waals surface area contributed by atoms with Gasteiger partial charge in [0.05, 0.1) is 16.9 Å². The van der Waals surface area contributed by atoms with E-state index in [1.165, 1.54) is 0 Å². The highest BCUT2D eigenvalue weighted by atomic mass is 35.5. The zero-order valence-electron chi connectivity index (χ0n) is 11.5. The number of fused-ring (bicyclic) bond motifs is 1. The predicted molar refractivity (Wildman–Crippen MR) is 82.3 cm³/mol. The molecule has 1 unspecified atom stereocenters. The Hall–Kier alpha value is -1.26. The van der Waals surface area contributed by atoms with Crippen LogP contribution in [0.2, 0.25) is 5.02 Å². The van der Waals surface area contributed by atoms with E-state index < -0.39 is 0 Å². The molecule has 0 aliphatic carbocycles. The summed E-state index contributed by atoms with van der Waals surface area (Å²) in [5, 5.41) is 3.50. The van der Waals surface area contributed by atoms with Gasteiger partial charge in [0.25, 0.3) is 0 Å². The number of alkyl halides is 1. The number of amides is 1. The molecule has 4 nitrogen and oxygen atoms in total. The number of rotatable bonds is 5. The Morgan fingerprint density at radius 1 is 1.50 bits per heavy atom. The van der Waals surface area contributed by atoms with Crippen molar-refractivity contribution in [3.8, 4) is 0 Å². The van der Waals surface area contributed by atoms with E-state index in [4.69, 9.17) is 23.2 Å². The maximum absolute atomic E-state index is 12.2. The molecule has 0 bridgehead atoms. The van der Waals surface area contributed by atoms with Crippen molar-refractivity contribution >= 4 is 40.1 Å². The van der Waals surface area contributed by atoms with Crippen molar-refractivity contribution in [3.63, 3.8) is 0 Å². The number of carbonyl (C=O) groups is 1. The lowest BCUT2D eigenvalue weighted by Gasteiger charge is -2.16. The van der Waals surface area contributed by atoms with Crippen LogP contribution in [0.3, 0.4) is 0 Å². The van der Waals surface area contributed by atoms with Crippen molar-refractivity contribution in [1.82, 2.24) is 14.9 Å². The van der Waals surface area contributed by atoms with Gasteiger partial charge < -0.3 is 9.88 Å². The summed E-state index contributed by atoms with van der Waals surface area (Å²) in [6, 6.07) is 5.05. The van der Waals surface area contributed by atoms with Crippen molar-refractivity contribution in [2.24, 2.45) is 0 Å². The summed E-state index contributed by atoms with van der Waals surface area (Å²) in [6.07, 6.45) is 0.900. The average Bonchev–Trinajstić information content (AvgIpc) is 2.81. The van der Waals surface area contributed by atoms with Gasteiger partial charge in [-0.1, -0.05) is 18.5 Å². The minimum atomic E-state index is -0.376. The van der Waals surface area contributed by atoms with E-state index in [0.717, 1.165) is 17.5 Å². The van der Waals surface area contributed by atoms with Crippen LogP contribution in [0.5, 0.6) is 0 Å². The smallest absolute Gasteiger partial charge is 0.242 e. The first kappa shape index (κ1) is 15.1. The molecular weight excluding hydrogens is 297 g/mol. The second kappa shape index (κ2) is 6.46. The molecule has 1 aromatic carbocycles. The highest BCUT2D eigenvalue weighted by Gasteiger charge is 2.20. The van der Waals surface area contributed by atoms with Crippen LogP contribution in [0.1, 0.15) is 32.1 Å². The molecule has 1 atom stereocenters. The molecule has 0 saturated carbocycles. The summed E-state index contributed by atoms with van der Waals surface area (Å²) in [6.45, 7) is 4.51. The average molecular weight is 314 g/mol. The molecule has 0 radical (unpaired) electrons. The zero-order chi connectivity index (χ0) is 14.7. The van der Waals surface area contributed by atoms with Crippen LogP contribution < -0.4 is 5.32 Å². The Kier molecular flexibility index (Phi) is 4.89. The topological polar surface area (TPSA) is 46.9 Å². The van der Waals surface area contributed by atoms with E-state index in [2.05, 4.69) is 10.3 Å². The number of hydrogen-bond acceptors (Lipinski definition) is 2. The second-order valence-electron chi connectivity index (χ2n) is 4.63. The summed E-state index contributed by atoms with van der Waals surface area (Å²) >= 11 is 12.0. The van der Waals surface area contributed by atoms with Gasteiger partial charge in [-0.3, -0.25) is 4.79 Å². The molecule has 0 aliphatic rings. The molecule has 2 aromatic rings. The quantitative estimate of drug-likeness (QED) is 0.859. The number of imidazole rings is 1. The van der Waals surface area contributed by atoms with Gasteiger partial charge in [-0.05, 0) is 31.5 Å². The first-order valence-electron chi connectivity index (χ1n) is 6.58. The van der Waals surface area contributed by atoms with E-state index in [9.17, 15) is 4.79 Å². The van der Waals surface area contributed by atoms with E-state index in [1.807, 2.05) is 30.5 Å². The first-order valence-corrected chi connectivity index (χ1v) is 7.49. The van der Waals surface area contributed by atoms with Gasteiger partial charge in [0, 0.05) is 11.6 Å². The normalized spacial score (nSPS) is 12.6. The van der Waals surface area contributed by atoms with Gasteiger partial charge in [-0.15, -0.1) is 11.6 Å². The molecule has 0 spiro atoms. The third kappa shape index (κ3) is 2.91. The van der Waals surface area contributed by atoms with Gasteiger partial charge in [0.1, 0.15) is 11.9 Å². The Bertz CT molecular complexity index is 624. The van der Waals surface area contributed by atoms with E-state index >= 15 is 0 Å². The monoisotopic (exact) mass is 313 g/mol. The first-order chi connectivity index (χ1) is 9.58. The van der Waals surface area contributed by atoms with Crippen molar-refractivity contribution < 1.29 is 4.79 Å². The molecule has 1 amide bonds. The number of benzene rings is 1. The Morgan fingerprint density at radius 3 is 2.90 bits per heavy atom. The number of aromatic nitrogens is 2. The maximum atomic E-state index is 12.2. The third-order valence-electron chi connectivity index (χ3n) is 3.16. The summed E-state index contributed by atoms with van der Waals surface area (Å²) in [7, 11) is 0. The maximum Gasteiger partial charge on any atom is 0.242 e. The van der Waals surface area contributed by atoms with Gasteiger partial charge in [-0.2, -0.15) is 0 Å². The van der Waals surface area contributed by atoms with Gasteiger partial charge >= 0.3 is 0 Å². The summed E-state index contributed by atoms with van der Waals surface area (Å²) in [4.78, 5) is 16.6. The molecule has 6 heteroatoms. The fourth-order valence-electron chi connectivity index (χ4n) is 2.16. The van der Waals surface area contributed by atoms with Crippen molar-refractivity contribution in [1.29, 1.82) is 0 Å². The number of nitrogens with one attached hydrogen (secondary N) is 1.